The molecule has 18 heavy (non-hydrogen) atoms. The molecule has 1 aliphatic rings. The lowest BCUT2D eigenvalue weighted by atomic mass is 10.0. The molecule has 1 aromatic carbocycles. The quantitative estimate of drug-likeness (QED) is 0.884. The molecule has 2 rings (SSSR count). The van der Waals surface area contributed by atoms with Crippen LogP contribution in [0.4, 0.5) is 0 Å². The number of likely N-dealkylation sites (N-methyl/N-ethyl adjacent to an activating group) is 1. The number of hydrogen-bond donors (Lipinski definition) is 1. The van der Waals surface area contributed by atoms with Gasteiger partial charge in [-0.25, -0.2) is 0 Å². The van der Waals surface area contributed by atoms with Gasteiger partial charge in [-0.1, -0.05) is 31.2 Å². The van der Waals surface area contributed by atoms with Gasteiger partial charge < -0.3 is 10.2 Å². The van der Waals surface area contributed by atoms with Gasteiger partial charge in [-0.2, -0.15) is 0 Å². The van der Waals surface area contributed by atoms with E-state index in [1.54, 1.807) is 0 Å². The minimum atomic E-state index is -0.000909. The van der Waals surface area contributed by atoms with Crippen molar-refractivity contribution in [3.05, 3.63) is 35.4 Å². The molecule has 0 saturated carbocycles. The van der Waals surface area contributed by atoms with Gasteiger partial charge in [0.2, 0.25) is 5.91 Å². The Morgan fingerprint density at radius 2 is 2.17 bits per heavy atom. The van der Waals surface area contributed by atoms with Crippen LogP contribution in [0.15, 0.2) is 24.3 Å². The predicted octanol–water partition coefficient (Wildman–Crippen LogP) is 1.95. The molecule has 1 aromatic rings. The summed E-state index contributed by atoms with van der Waals surface area (Å²) in [5.41, 5.74) is 2.46. The Labute approximate surface area is 109 Å². The molecule has 1 N–H and O–H groups in total. The van der Waals surface area contributed by atoms with Crippen molar-refractivity contribution in [3.63, 3.8) is 0 Å². The van der Waals surface area contributed by atoms with Crippen LogP contribution in [-0.2, 0) is 11.3 Å². The Morgan fingerprint density at radius 1 is 1.44 bits per heavy atom. The maximum absolute atomic E-state index is 12.3. The predicted molar refractivity (Wildman–Crippen MR) is 73.2 cm³/mol. The van der Waals surface area contributed by atoms with Gasteiger partial charge in [0, 0.05) is 13.6 Å². The lowest BCUT2D eigenvalue weighted by molar-refractivity contribution is -0.133. The molecule has 3 heteroatoms. The van der Waals surface area contributed by atoms with Crippen LogP contribution in [0.1, 0.15) is 24.5 Å². The third-order valence-electron chi connectivity index (χ3n) is 3.84. The highest BCUT2D eigenvalue weighted by Crippen LogP contribution is 2.17. The fourth-order valence-electron chi connectivity index (χ4n) is 2.52. The number of carbonyl (C=O) groups excluding carboxylic acids is 1. The van der Waals surface area contributed by atoms with Crippen molar-refractivity contribution in [1.82, 2.24) is 10.2 Å². The van der Waals surface area contributed by atoms with E-state index in [4.69, 9.17) is 0 Å². The molecule has 0 bridgehead atoms. The van der Waals surface area contributed by atoms with Gasteiger partial charge in [-0.3, -0.25) is 4.79 Å². The highest BCUT2D eigenvalue weighted by Gasteiger charge is 2.31. The Morgan fingerprint density at radius 3 is 2.78 bits per heavy atom. The average Bonchev–Trinajstić information content (AvgIpc) is 2.77. The zero-order valence-electron chi connectivity index (χ0n) is 11.4. The van der Waals surface area contributed by atoms with Crippen molar-refractivity contribution in [2.75, 3.05) is 13.6 Å². The lowest BCUT2D eigenvalue weighted by Crippen LogP contribution is -2.43. The minimum absolute atomic E-state index is 0.000909. The Hall–Kier alpha value is -1.35. The van der Waals surface area contributed by atoms with Gasteiger partial charge in [0.1, 0.15) is 0 Å². The molecule has 2 atom stereocenters. The number of amides is 1. The number of rotatable bonds is 3. The molecular formula is C15H22N2O. The van der Waals surface area contributed by atoms with Gasteiger partial charge in [0.15, 0.2) is 0 Å². The van der Waals surface area contributed by atoms with E-state index >= 15 is 0 Å². The summed E-state index contributed by atoms with van der Waals surface area (Å²) in [7, 11) is 1.89. The molecule has 0 aromatic heterocycles. The summed E-state index contributed by atoms with van der Waals surface area (Å²) in [4.78, 5) is 14.2. The summed E-state index contributed by atoms with van der Waals surface area (Å²) in [5.74, 6) is 0.653. The van der Waals surface area contributed by atoms with E-state index in [9.17, 15) is 4.79 Å². The average molecular weight is 246 g/mol. The highest BCUT2D eigenvalue weighted by atomic mass is 16.2. The van der Waals surface area contributed by atoms with Gasteiger partial charge >= 0.3 is 0 Å². The van der Waals surface area contributed by atoms with Crippen molar-refractivity contribution in [3.8, 4) is 0 Å². The first-order chi connectivity index (χ1) is 8.59. The van der Waals surface area contributed by atoms with E-state index in [2.05, 4.69) is 31.3 Å². The van der Waals surface area contributed by atoms with Crippen LogP contribution >= 0.6 is 0 Å². The normalized spacial score (nSPS) is 23.1. The fourth-order valence-corrected chi connectivity index (χ4v) is 2.52. The topological polar surface area (TPSA) is 32.3 Å². The first kappa shape index (κ1) is 13.1. The number of benzene rings is 1. The second-order valence-corrected chi connectivity index (χ2v) is 5.32. The molecule has 2 unspecified atom stereocenters. The van der Waals surface area contributed by atoms with Crippen molar-refractivity contribution < 1.29 is 4.79 Å². The SMILES string of the molecule is Cc1ccccc1CN(C)C(=O)C1NCCC1C. The zero-order chi connectivity index (χ0) is 13.1. The zero-order valence-corrected chi connectivity index (χ0v) is 11.4. The number of carbonyl (C=O) groups is 1. The Balaban J connectivity index is 2.01. The molecule has 0 radical (unpaired) electrons. The van der Waals surface area contributed by atoms with Gasteiger partial charge in [-0.05, 0) is 36.9 Å². The van der Waals surface area contributed by atoms with Crippen molar-refractivity contribution in [2.45, 2.75) is 32.9 Å². The van der Waals surface area contributed by atoms with Gasteiger partial charge in [-0.15, -0.1) is 0 Å². The van der Waals surface area contributed by atoms with Crippen LogP contribution in [0, 0.1) is 12.8 Å². The van der Waals surface area contributed by atoms with E-state index in [1.807, 2.05) is 24.1 Å². The largest absolute Gasteiger partial charge is 0.340 e. The van der Waals surface area contributed by atoms with Crippen LogP contribution in [0.3, 0.4) is 0 Å². The Bertz CT molecular complexity index is 430. The van der Waals surface area contributed by atoms with E-state index in [-0.39, 0.29) is 11.9 Å². The molecule has 3 nitrogen and oxygen atoms in total. The molecule has 0 spiro atoms. The molecule has 1 aliphatic heterocycles. The molecule has 1 amide bonds. The van der Waals surface area contributed by atoms with Crippen LogP contribution in [-0.4, -0.2) is 30.4 Å². The molecular weight excluding hydrogens is 224 g/mol. The number of nitrogens with zero attached hydrogens (tertiary/aromatic N) is 1. The summed E-state index contributed by atoms with van der Waals surface area (Å²) < 4.78 is 0. The maximum Gasteiger partial charge on any atom is 0.240 e. The summed E-state index contributed by atoms with van der Waals surface area (Å²) in [5, 5.41) is 3.30. The fraction of sp³-hybridized carbons (Fsp3) is 0.533. The van der Waals surface area contributed by atoms with E-state index in [0.717, 1.165) is 13.0 Å². The standard InChI is InChI=1S/C15H22N2O/c1-11-6-4-5-7-13(11)10-17(3)15(18)14-12(2)8-9-16-14/h4-7,12,14,16H,8-10H2,1-3H3. The second kappa shape index (κ2) is 5.53. The van der Waals surface area contributed by atoms with E-state index in [1.165, 1.54) is 11.1 Å². The first-order valence-electron chi connectivity index (χ1n) is 6.62. The summed E-state index contributed by atoms with van der Waals surface area (Å²) in [6.07, 6.45) is 1.09. The summed E-state index contributed by atoms with van der Waals surface area (Å²) in [6.45, 7) is 5.88. The van der Waals surface area contributed by atoms with Crippen LogP contribution in [0.25, 0.3) is 0 Å². The highest BCUT2D eigenvalue weighted by molar-refractivity contribution is 5.82. The molecule has 0 aliphatic carbocycles. The molecule has 1 fully saturated rings. The van der Waals surface area contributed by atoms with Crippen molar-refractivity contribution >= 4 is 5.91 Å². The third-order valence-corrected chi connectivity index (χ3v) is 3.84. The van der Waals surface area contributed by atoms with Crippen LogP contribution < -0.4 is 5.32 Å². The monoisotopic (exact) mass is 246 g/mol. The maximum atomic E-state index is 12.3. The van der Waals surface area contributed by atoms with Crippen molar-refractivity contribution in [1.29, 1.82) is 0 Å². The second-order valence-electron chi connectivity index (χ2n) is 5.32. The van der Waals surface area contributed by atoms with E-state index < -0.39 is 0 Å². The molecule has 1 heterocycles. The summed E-state index contributed by atoms with van der Waals surface area (Å²) in [6, 6.07) is 8.23. The van der Waals surface area contributed by atoms with E-state index in [0.29, 0.717) is 12.5 Å². The molecule has 98 valence electrons. The number of nitrogens with one attached hydrogen (secondary N) is 1. The number of hydrogen-bond acceptors (Lipinski definition) is 2. The smallest absolute Gasteiger partial charge is 0.240 e. The van der Waals surface area contributed by atoms with Crippen LogP contribution in [0.2, 0.25) is 0 Å². The van der Waals surface area contributed by atoms with Gasteiger partial charge in [0.05, 0.1) is 6.04 Å². The lowest BCUT2D eigenvalue weighted by Gasteiger charge is -2.24. The van der Waals surface area contributed by atoms with Crippen LogP contribution in [0.5, 0.6) is 0 Å². The number of aryl methyl sites for hydroxylation is 1. The first-order valence-corrected chi connectivity index (χ1v) is 6.62. The van der Waals surface area contributed by atoms with Crippen molar-refractivity contribution in [2.24, 2.45) is 5.92 Å². The Kier molecular flexibility index (Phi) is 4.02. The van der Waals surface area contributed by atoms with Gasteiger partial charge in [0.25, 0.3) is 0 Å². The minimum Gasteiger partial charge on any atom is -0.340 e. The summed E-state index contributed by atoms with van der Waals surface area (Å²) >= 11 is 0. The third kappa shape index (κ3) is 2.72. The molecule has 1 saturated heterocycles.